The number of benzene rings is 1. The van der Waals surface area contributed by atoms with Gasteiger partial charge in [0.2, 0.25) is 0 Å². The molecule has 25 heavy (non-hydrogen) atoms. The Bertz CT molecular complexity index is 875. The molecule has 1 amide bonds. The van der Waals surface area contributed by atoms with Crippen LogP contribution in [0, 0.1) is 26.2 Å². The summed E-state index contributed by atoms with van der Waals surface area (Å²) < 4.78 is 5.90. The van der Waals surface area contributed by atoms with Crippen molar-refractivity contribution in [2.75, 3.05) is 5.32 Å². The number of fused-ring (bicyclic) bond motifs is 1. The van der Waals surface area contributed by atoms with Gasteiger partial charge in [-0.05, 0) is 44.2 Å². The molecule has 1 aromatic heterocycles. The van der Waals surface area contributed by atoms with E-state index in [2.05, 4.69) is 24.3 Å². The summed E-state index contributed by atoms with van der Waals surface area (Å²) in [6, 6.07) is 5.88. The van der Waals surface area contributed by atoms with E-state index in [0.717, 1.165) is 27.9 Å². The lowest BCUT2D eigenvalue weighted by Crippen LogP contribution is -2.27. The van der Waals surface area contributed by atoms with E-state index in [1.54, 1.807) is 0 Å². The molecule has 2 N–H and O–H groups in total. The van der Waals surface area contributed by atoms with Crippen LogP contribution in [0.2, 0.25) is 0 Å². The number of carbonyl (C=O) groups excluding carboxylic acids is 1. The second-order valence-corrected chi connectivity index (χ2v) is 7.69. The molecule has 0 aliphatic heterocycles. The monoisotopic (exact) mass is 340 g/mol. The smallest absolute Gasteiger partial charge is 0.291 e. The minimum Gasteiger partial charge on any atom is -0.455 e. The van der Waals surface area contributed by atoms with Crippen molar-refractivity contribution in [3.63, 3.8) is 0 Å². The molecule has 0 bridgehead atoms. The molecule has 5 nitrogen and oxygen atoms in total. The summed E-state index contributed by atoms with van der Waals surface area (Å²) in [6.07, 6.45) is 1.36. The number of furan rings is 1. The van der Waals surface area contributed by atoms with Crippen LogP contribution in [0.4, 0.5) is 5.69 Å². The van der Waals surface area contributed by atoms with Crippen LogP contribution >= 0.6 is 0 Å². The number of nitrogens with zero attached hydrogens (tertiary/aromatic N) is 1. The largest absolute Gasteiger partial charge is 0.455 e. The molecule has 5 heteroatoms. The van der Waals surface area contributed by atoms with Crippen molar-refractivity contribution in [2.24, 2.45) is 10.6 Å². The van der Waals surface area contributed by atoms with Crippen molar-refractivity contribution >= 4 is 17.3 Å². The predicted octanol–water partition coefficient (Wildman–Crippen LogP) is 4.61. The van der Waals surface area contributed by atoms with Crippen molar-refractivity contribution in [3.05, 3.63) is 52.0 Å². The van der Waals surface area contributed by atoms with Crippen molar-refractivity contribution in [2.45, 2.75) is 47.5 Å². The Morgan fingerprint density at radius 1 is 1.24 bits per heavy atom. The lowest BCUT2D eigenvalue weighted by atomic mass is 9.75. The molecule has 0 saturated carbocycles. The summed E-state index contributed by atoms with van der Waals surface area (Å²) in [7, 11) is 0. The van der Waals surface area contributed by atoms with Gasteiger partial charge in [0.25, 0.3) is 5.91 Å². The van der Waals surface area contributed by atoms with E-state index in [4.69, 9.17) is 4.42 Å². The van der Waals surface area contributed by atoms with Gasteiger partial charge in [0.05, 0.1) is 5.71 Å². The fourth-order valence-corrected chi connectivity index (χ4v) is 3.55. The quantitative estimate of drug-likeness (QED) is 0.619. The molecule has 3 rings (SSSR count). The minimum absolute atomic E-state index is 0.0693. The van der Waals surface area contributed by atoms with Crippen molar-refractivity contribution < 1.29 is 14.4 Å². The lowest BCUT2D eigenvalue weighted by Gasteiger charge is -2.28. The van der Waals surface area contributed by atoms with Gasteiger partial charge in [-0.25, -0.2) is 0 Å². The molecule has 2 aromatic rings. The average Bonchev–Trinajstić information content (AvgIpc) is 2.84. The number of anilines is 1. The standard InChI is InChI=1S/C20H24N2O3/c1-11-6-7-14(12(2)8-11)21-19(23)18-13(3)17-15(22-24)9-20(4,5)10-16(17)25-18/h6-8,24H,9-10H2,1-5H3,(H,21,23)/b22-15-. The van der Waals surface area contributed by atoms with Crippen molar-refractivity contribution in [1.29, 1.82) is 0 Å². The van der Waals surface area contributed by atoms with Gasteiger partial charge in [-0.3, -0.25) is 4.79 Å². The first-order valence-electron chi connectivity index (χ1n) is 8.44. The molecule has 132 valence electrons. The van der Waals surface area contributed by atoms with Crippen molar-refractivity contribution in [1.82, 2.24) is 0 Å². The first-order chi connectivity index (χ1) is 11.7. The first kappa shape index (κ1) is 17.3. The zero-order chi connectivity index (χ0) is 18.4. The van der Waals surface area contributed by atoms with Crippen LogP contribution in [0.3, 0.4) is 0 Å². The van der Waals surface area contributed by atoms with Crippen LogP contribution in [0.5, 0.6) is 0 Å². The van der Waals surface area contributed by atoms with Crippen molar-refractivity contribution in [3.8, 4) is 0 Å². The molecule has 1 aromatic carbocycles. The van der Waals surface area contributed by atoms with Crippen LogP contribution in [-0.2, 0) is 6.42 Å². The molecule has 0 spiro atoms. The molecule has 0 fully saturated rings. The maximum Gasteiger partial charge on any atom is 0.291 e. The highest BCUT2D eigenvalue weighted by Gasteiger charge is 2.36. The fourth-order valence-electron chi connectivity index (χ4n) is 3.55. The number of hydrogen-bond acceptors (Lipinski definition) is 4. The Kier molecular flexibility index (Phi) is 4.19. The summed E-state index contributed by atoms with van der Waals surface area (Å²) in [5, 5.41) is 15.8. The molecule has 0 atom stereocenters. The van der Waals surface area contributed by atoms with E-state index < -0.39 is 0 Å². The molecule has 0 radical (unpaired) electrons. The number of oxime groups is 1. The number of hydrogen-bond donors (Lipinski definition) is 2. The lowest BCUT2D eigenvalue weighted by molar-refractivity contribution is 0.0992. The number of nitrogens with one attached hydrogen (secondary N) is 1. The van der Waals surface area contributed by atoms with Gasteiger partial charge in [-0.15, -0.1) is 0 Å². The molecule has 0 unspecified atom stereocenters. The maximum atomic E-state index is 12.7. The Labute approximate surface area is 147 Å². The van der Waals surface area contributed by atoms with Crippen LogP contribution in [0.15, 0.2) is 27.8 Å². The summed E-state index contributed by atoms with van der Waals surface area (Å²) in [5.74, 6) is 0.713. The minimum atomic E-state index is -0.283. The van der Waals surface area contributed by atoms with Crippen LogP contribution in [0.1, 0.15) is 58.8 Å². The van der Waals surface area contributed by atoms with E-state index in [0.29, 0.717) is 24.3 Å². The van der Waals surface area contributed by atoms with E-state index in [1.807, 2.05) is 39.0 Å². The third-order valence-corrected chi connectivity index (χ3v) is 4.75. The van der Waals surface area contributed by atoms with Crippen LogP contribution < -0.4 is 5.32 Å². The summed E-state index contributed by atoms with van der Waals surface area (Å²) in [4.78, 5) is 12.7. The van der Waals surface area contributed by atoms with E-state index >= 15 is 0 Å². The Morgan fingerprint density at radius 2 is 1.96 bits per heavy atom. The summed E-state index contributed by atoms with van der Waals surface area (Å²) >= 11 is 0. The highest BCUT2D eigenvalue weighted by molar-refractivity contribution is 6.09. The second kappa shape index (κ2) is 6.06. The predicted molar refractivity (Wildman–Crippen MR) is 97.7 cm³/mol. The van der Waals surface area contributed by atoms with E-state index in [1.165, 1.54) is 0 Å². The Morgan fingerprint density at radius 3 is 2.60 bits per heavy atom. The normalized spacial score (nSPS) is 17.4. The van der Waals surface area contributed by atoms with Crippen LogP contribution in [0.25, 0.3) is 0 Å². The number of amides is 1. The molecule has 1 aliphatic rings. The SMILES string of the molecule is Cc1ccc(NC(=O)c2oc3c(c2C)/C(=N\O)CC(C)(C)C3)c(C)c1. The first-order valence-corrected chi connectivity index (χ1v) is 8.44. The van der Waals surface area contributed by atoms with Gasteiger partial charge < -0.3 is 14.9 Å². The molecule has 1 aliphatic carbocycles. The van der Waals surface area contributed by atoms with Gasteiger partial charge >= 0.3 is 0 Å². The highest BCUT2D eigenvalue weighted by Crippen LogP contribution is 2.39. The third-order valence-electron chi connectivity index (χ3n) is 4.75. The topological polar surface area (TPSA) is 74.8 Å². The van der Waals surface area contributed by atoms with Gasteiger partial charge in [0.15, 0.2) is 5.76 Å². The summed E-state index contributed by atoms with van der Waals surface area (Å²) in [5.41, 5.74) is 4.92. The number of carbonyl (C=O) groups is 1. The molecule has 0 saturated heterocycles. The zero-order valence-electron chi connectivity index (χ0n) is 15.4. The third kappa shape index (κ3) is 3.18. The molecular weight excluding hydrogens is 316 g/mol. The van der Waals surface area contributed by atoms with Gasteiger partial charge in [0, 0.05) is 23.2 Å². The fraction of sp³-hybridized carbons (Fsp3) is 0.400. The second-order valence-electron chi connectivity index (χ2n) is 7.69. The Balaban J connectivity index is 1.96. The molecule has 1 heterocycles. The number of rotatable bonds is 2. The number of aryl methyl sites for hydroxylation is 2. The zero-order valence-corrected chi connectivity index (χ0v) is 15.4. The van der Waals surface area contributed by atoms with Gasteiger partial charge in [0.1, 0.15) is 5.76 Å². The summed E-state index contributed by atoms with van der Waals surface area (Å²) in [6.45, 7) is 9.99. The van der Waals surface area contributed by atoms with Crippen LogP contribution in [-0.4, -0.2) is 16.8 Å². The average molecular weight is 340 g/mol. The Hall–Kier alpha value is -2.56. The molecular formula is C20H24N2O3. The maximum absolute atomic E-state index is 12.7. The van der Waals surface area contributed by atoms with Gasteiger partial charge in [-0.2, -0.15) is 0 Å². The van der Waals surface area contributed by atoms with E-state index in [-0.39, 0.29) is 17.1 Å². The van der Waals surface area contributed by atoms with E-state index in [9.17, 15) is 10.0 Å². The van der Waals surface area contributed by atoms with Gasteiger partial charge in [-0.1, -0.05) is 36.7 Å². The highest BCUT2D eigenvalue weighted by atomic mass is 16.4.